The highest BCUT2D eigenvalue weighted by atomic mass is 16.5. The molecule has 1 N–H and O–H groups in total. The Bertz CT molecular complexity index is 512. The zero-order chi connectivity index (χ0) is 13.0. The number of pyridine rings is 1. The van der Waals surface area contributed by atoms with E-state index in [0.717, 1.165) is 25.5 Å². The molecule has 0 aromatic carbocycles. The molecule has 5 heteroatoms. The molecule has 2 heterocycles. The predicted octanol–water partition coefficient (Wildman–Crippen LogP) is 1.13. The van der Waals surface area contributed by atoms with Crippen LogP contribution in [0.2, 0.25) is 0 Å². The van der Waals surface area contributed by atoms with Crippen LogP contribution in [0.3, 0.4) is 0 Å². The Morgan fingerprint density at radius 1 is 1.61 bits per heavy atom. The van der Waals surface area contributed by atoms with Crippen molar-refractivity contribution in [2.45, 2.75) is 25.5 Å². The van der Waals surface area contributed by atoms with Crippen molar-refractivity contribution >= 4 is 12.0 Å². The lowest BCUT2D eigenvalue weighted by Gasteiger charge is -2.11. The number of hydrogen-bond acceptors (Lipinski definition) is 3. The average molecular weight is 249 g/mol. The van der Waals surface area contributed by atoms with Crippen molar-refractivity contribution in [2.24, 2.45) is 0 Å². The van der Waals surface area contributed by atoms with Crippen LogP contribution in [0.25, 0.3) is 6.08 Å². The van der Waals surface area contributed by atoms with Gasteiger partial charge in [-0.2, -0.15) is 0 Å². The third kappa shape index (κ3) is 3.07. The summed E-state index contributed by atoms with van der Waals surface area (Å²) in [7, 11) is 0. The number of carboxylic acids is 1. The minimum atomic E-state index is -1.07. The number of hydrogen-bond donors (Lipinski definition) is 1. The van der Waals surface area contributed by atoms with Crippen LogP contribution in [0, 0.1) is 0 Å². The number of nitrogens with zero attached hydrogens (tertiary/aromatic N) is 1. The Morgan fingerprint density at radius 2 is 2.44 bits per heavy atom. The summed E-state index contributed by atoms with van der Waals surface area (Å²) < 4.78 is 7.05. The highest BCUT2D eigenvalue weighted by Gasteiger charge is 2.16. The predicted molar refractivity (Wildman–Crippen MR) is 66.3 cm³/mol. The molecule has 1 fully saturated rings. The number of rotatable bonds is 4. The fourth-order valence-corrected chi connectivity index (χ4v) is 1.99. The first-order chi connectivity index (χ1) is 8.66. The molecule has 0 saturated carbocycles. The standard InChI is InChI=1S/C13H15NO4/c15-12(16)6-5-10-3-1-7-14(13(10)17)9-11-4-2-8-18-11/h1,3,5-7,11H,2,4,8-9H2,(H,15,16)/b6-5+. The molecule has 1 aromatic rings. The number of aliphatic carboxylic acids is 1. The van der Waals surface area contributed by atoms with Crippen LogP contribution in [0.5, 0.6) is 0 Å². The topological polar surface area (TPSA) is 68.5 Å². The van der Waals surface area contributed by atoms with E-state index in [4.69, 9.17) is 9.84 Å². The molecule has 18 heavy (non-hydrogen) atoms. The lowest BCUT2D eigenvalue weighted by atomic mass is 10.2. The van der Waals surface area contributed by atoms with E-state index in [-0.39, 0.29) is 11.7 Å². The molecular formula is C13H15NO4. The third-order valence-electron chi connectivity index (χ3n) is 2.88. The molecule has 96 valence electrons. The van der Waals surface area contributed by atoms with E-state index in [0.29, 0.717) is 12.1 Å². The summed E-state index contributed by atoms with van der Waals surface area (Å²) in [6.45, 7) is 1.27. The van der Waals surface area contributed by atoms with Gasteiger partial charge in [-0.3, -0.25) is 4.79 Å². The van der Waals surface area contributed by atoms with E-state index in [9.17, 15) is 9.59 Å². The monoisotopic (exact) mass is 249 g/mol. The minimum absolute atomic E-state index is 0.0846. The van der Waals surface area contributed by atoms with Gasteiger partial charge >= 0.3 is 5.97 Å². The number of carbonyl (C=O) groups is 1. The van der Waals surface area contributed by atoms with Crippen molar-refractivity contribution in [3.63, 3.8) is 0 Å². The summed E-state index contributed by atoms with van der Waals surface area (Å²) in [5.41, 5.74) is 0.184. The van der Waals surface area contributed by atoms with Crippen LogP contribution in [0.4, 0.5) is 0 Å². The molecule has 1 aliphatic heterocycles. The molecule has 1 saturated heterocycles. The van der Waals surface area contributed by atoms with Crippen molar-refractivity contribution < 1.29 is 14.6 Å². The second kappa shape index (κ2) is 5.64. The molecule has 5 nitrogen and oxygen atoms in total. The van der Waals surface area contributed by atoms with Crippen molar-refractivity contribution in [1.82, 2.24) is 4.57 Å². The summed E-state index contributed by atoms with van der Waals surface area (Å²) in [5, 5.41) is 8.55. The highest BCUT2D eigenvalue weighted by molar-refractivity contribution is 5.85. The molecule has 1 aromatic heterocycles. The molecule has 2 rings (SSSR count). The summed E-state index contributed by atoms with van der Waals surface area (Å²) in [5.74, 6) is -1.07. The van der Waals surface area contributed by atoms with Crippen molar-refractivity contribution in [3.05, 3.63) is 40.3 Å². The fourth-order valence-electron chi connectivity index (χ4n) is 1.99. The summed E-state index contributed by atoms with van der Waals surface area (Å²) in [6, 6.07) is 3.34. The SMILES string of the molecule is O=C(O)/C=C/c1cccn(CC2CCCO2)c1=O. The van der Waals surface area contributed by atoms with Gasteiger partial charge in [0.25, 0.3) is 5.56 Å². The Labute approximate surface area is 104 Å². The fraction of sp³-hybridized carbons (Fsp3) is 0.385. The first kappa shape index (κ1) is 12.6. The Morgan fingerprint density at radius 3 is 3.11 bits per heavy atom. The Balaban J connectivity index is 2.18. The lowest BCUT2D eigenvalue weighted by Crippen LogP contribution is -2.27. The molecule has 1 atom stereocenters. The van der Waals surface area contributed by atoms with Crippen LogP contribution in [-0.2, 0) is 16.1 Å². The summed E-state index contributed by atoms with van der Waals surface area (Å²) in [4.78, 5) is 22.5. The van der Waals surface area contributed by atoms with Gasteiger partial charge in [0.2, 0.25) is 0 Å². The minimum Gasteiger partial charge on any atom is -0.478 e. The van der Waals surface area contributed by atoms with E-state index in [1.54, 1.807) is 22.9 Å². The largest absolute Gasteiger partial charge is 0.478 e. The van der Waals surface area contributed by atoms with Crippen LogP contribution >= 0.6 is 0 Å². The zero-order valence-corrected chi connectivity index (χ0v) is 9.91. The number of carboxylic acid groups (broad SMARTS) is 1. The van der Waals surface area contributed by atoms with E-state index in [1.165, 1.54) is 6.08 Å². The van der Waals surface area contributed by atoms with Crippen molar-refractivity contribution in [1.29, 1.82) is 0 Å². The van der Waals surface area contributed by atoms with Gasteiger partial charge in [-0.15, -0.1) is 0 Å². The van der Waals surface area contributed by atoms with E-state index < -0.39 is 5.97 Å². The van der Waals surface area contributed by atoms with Crippen molar-refractivity contribution in [3.8, 4) is 0 Å². The lowest BCUT2D eigenvalue weighted by molar-refractivity contribution is -0.131. The Kier molecular flexibility index (Phi) is 3.94. The van der Waals surface area contributed by atoms with Gasteiger partial charge in [0.1, 0.15) is 0 Å². The number of ether oxygens (including phenoxy) is 1. The second-order valence-electron chi connectivity index (χ2n) is 4.23. The van der Waals surface area contributed by atoms with E-state index >= 15 is 0 Å². The zero-order valence-electron chi connectivity index (χ0n) is 9.91. The maximum absolute atomic E-state index is 12.0. The molecular weight excluding hydrogens is 234 g/mol. The van der Waals surface area contributed by atoms with E-state index in [1.807, 2.05) is 0 Å². The Hall–Kier alpha value is -1.88. The first-order valence-corrected chi connectivity index (χ1v) is 5.89. The maximum Gasteiger partial charge on any atom is 0.328 e. The molecule has 1 aliphatic rings. The molecule has 0 radical (unpaired) electrons. The molecule has 1 unspecified atom stereocenters. The number of aromatic nitrogens is 1. The van der Waals surface area contributed by atoms with Gasteiger partial charge in [0, 0.05) is 24.4 Å². The van der Waals surface area contributed by atoms with Gasteiger partial charge in [0.15, 0.2) is 0 Å². The normalized spacial score (nSPS) is 19.4. The first-order valence-electron chi connectivity index (χ1n) is 5.89. The van der Waals surface area contributed by atoms with Gasteiger partial charge in [-0.25, -0.2) is 4.79 Å². The average Bonchev–Trinajstić information content (AvgIpc) is 2.83. The van der Waals surface area contributed by atoms with Crippen LogP contribution < -0.4 is 5.56 Å². The third-order valence-corrected chi connectivity index (χ3v) is 2.88. The van der Waals surface area contributed by atoms with Crippen LogP contribution in [-0.4, -0.2) is 28.4 Å². The molecule has 0 spiro atoms. The molecule has 0 aliphatic carbocycles. The van der Waals surface area contributed by atoms with E-state index in [2.05, 4.69) is 0 Å². The maximum atomic E-state index is 12.0. The summed E-state index contributed by atoms with van der Waals surface area (Å²) in [6.07, 6.45) is 6.05. The van der Waals surface area contributed by atoms with Crippen LogP contribution in [0.1, 0.15) is 18.4 Å². The molecule has 0 bridgehead atoms. The van der Waals surface area contributed by atoms with Gasteiger partial charge in [-0.05, 0) is 31.1 Å². The van der Waals surface area contributed by atoms with Gasteiger partial charge in [-0.1, -0.05) is 0 Å². The van der Waals surface area contributed by atoms with Gasteiger partial charge < -0.3 is 14.4 Å². The van der Waals surface area contributed by atoms with Crippen LogP contribution in [0.15, 0.2) is 29.2 Å². The van der Waals surface area contributed by atoms with Crippen molar-refractivity contribution in [2.75, 3.05) is 6.61 Å². The summed E-state index contributed by atoms with van der Waals surface area (Å²) >= 11 is 0. The smallest absolute Gasteiger partial charge is 0.328 e. The van der Waals surface area contributed by atoms with Gasteiger partial charge in [0.05, 0.1) is 12.6 Å². The molecule has 0 amide bonds. The highest BCUT2D eigenvalue weighted by Crippen LogP contribution is 2.13. The second-order valence-corrected chi connectivity index (χ2v) is 4.23. The quantitative estimate of drug-likeness (QED) is 0.812.